The second-order valence-corrected chi connectivity index (χ2v) is 24.0. The summed E-state index contributed by atoms with van der Waals surface area (Å²) < 4.78 is 11.2. The van der Waals surface area contributed by atoms with Crippen molar-refractivity contribution in [2.75, 3.05) is 19.8 Å². The molecule has 2 aliphatic rings. The molecule has 0 fully saturated rings. The summed E-state index contributed by atoms with van der Waals surface area (Å²) in [6.45, 7) is 0. The molecular formula is C33H32N2Zr. The summed E-state index contributed by atoms with van der Waals surface area (Å²) in [5.74, 6) is 0. The first kappa shape index (κ1) is 23.1. The van der Waals surface area contributed by atoms with Crippen molar-refractivity contribution in [3.8, 4) is 0 Å². The van der Waals surface area contributed by atoms with Crippen LogP contribution in [0, 0.1) is 0 Å². The van der Waals surface area contributed by atoms with Crippen molar-refractivity contribution >= 4 is 27.7 Å². The molecule has 4 aromatic rings. The molecule has 2 unspecified atom stereocenters. The Morgan fingerprint density at radius 2 is 0.889 bits per heavy atom. The molecule has 0 saturated carbocycles. The molecule has 0 saturated heterocycles. The molecule has 2 nitrogen and oxygen atoms in total. The average molecular weight is 548 g/mol. The van der Waals surface area contributed by atoms with Crippen molar-refractivity contribution in [3.63, 3.8) is 0 Å². The van der Waals surface area contributed by atoms with Gasteiger partial charge < -0.3 is 0 Å². The van der Waals surface area contributed by atoms with E-state index in [1.54, 1.807) is 0 Å². The van der Waals surface area contributed by atoms with Crippen molar-refractivity contribution in [2.45, 2.75) is 7.25 Å². The zero-order valence-corrected chi connectivity index (χ0v) is 23.4. The summed E-state index contributed by atoms with van der Waals surface area (Å²) in [6, 6.07) is 39.5. The molecule has 36 heavy (non-hydrogen) atoms. The van der Waals surface area contributed by atoms with Crippen LogP contribution in [-0.2, 0) is 18.9 Å². The summed E-state index contributed by atoms with van der Waals surface area (Å²) in [4.78, 5) is 0. The van der Waals surface area contributed by atoms with Gasteiger partial charge in [-0.2, -0.15) is 0 Å². The maximum absolute atomic E-state index is 5.57. The van der Waals surface area contributed by atoms with Crippen LogP contribution in [0.5, 0.6) is 0 Å². The Bertz CT molecular complexity index is 1420. The van der Waals surface area contributed by atoms with Gasteiger partial charge in [0.2, 0.25) is 0 Å². The van der Waals surface area contributed by atoms with E-state index >= 15 is 0 Å². The number of para-hydroxylation sites is 2. The summed E-state index contributed by atoms with van der Waals surface area (Å²) in [7, 11) is 4.60. The third kappa shape index (κ3) is 3.15. The second kappa shape index (κ2) is 8.68. The third-order valence-electron chi connectivity index (χ3n) is 8.79. The van der Waals surface area contributed by atoms with E-state index in [0.29, 0.717) is 0 Å². The van der Waals surface area contributed by atoms with Crippen LogP contribution < -0.4 is 5.69 Å². The molecule has 0 radical (unpaired) electrons. The van der Waals surface area contributed by atoms with Crippen LogP contribution in [0.1, 0.15) is 29.5 Å². The summed E-state index contributed by atoms with van der Waals surface area (Å²) in [5.41, 5.74) is 7.84. The normalized spacial score (nSPS) is 18.1. The number of anilines is 2. The van der Waals surface area contributed by atoms with Crippen LogP contribution in [0.4, 0.5) is 11.4 Å². The Balaban J connectivity index is 1.73. The molecule has 0 aliphatic heterocycles. The van der Waals surface area contributed by atoms with E-state index in [4.69, 9.17) is 4.21 Å². The number of nitrogens with zero attached hydrogens (tertiary/aromatic N) is 2. The molecule has 0 amide bonds. The third-order valence-corrected chi connectivity index (χ3v) is 26.8. The van der Waals surface area contributed by atoms with E-state index in [1.807, 2.05) is 0 Å². The van der Waals surface area contributed by atoms with E-state index < -0.39 is 18.9 Å². The Kier molecular flexibility index (Phi) is 5.58. The minimum absolute atomic E-state index is 0.193. The molecule has 0 N–H and O–H groups in total. The van der Waals surface area contributed by atoms with Crippen LogP contribution in [0.15, 0.2) is 121 Å². The quantitative estimate of drug-likeness (QED) is 0.244. The van der Waals surface area contributed by atoms with Gasteiger partial charge in [0, 0.05) is 0 Å². The molecule has 0 aromatic heterocycles. The Morgan fingerprint density at radius 1 is 0.528 bits per heavy atom. The standard InChI is InChI=1S/2C9H7.2C7H8N.CH2.Zr/c2*1-2-5-9-7-3-6-8(9)4-1;2*1-8-7-5-3-2-4-6-7;;/h2*1-7H;2*2-6H,1H3;1H2;/q;;2*-1;;+2. The van der Waals surface area contributed by atoms with Gasteiger partial charge in [0.1, 0.15) is 0 Å². The number of rotatable bonds is 6. The molecule has 2 atom stereocenters. The van der Waals surface area contributed by atoms with Gasteiger partial charge in [0.15, 0.2) is 0 Å². The molecular weight excluding hydrogens is 516 g/mol. The molecule has 3 heteroatoms. The van der Waals surface area contributed by atoms with Crippen LogP contribution >= 0.6 is 0 Å². The first-order chi connectivity index (χ1) is 17.5. The van der Waals surface area contributed by atoms with E-state index in [9.17, 15) is 0 Å². The number of benzene rings is 4. The van der Waals surface area contributed by atoms with Crippen LogP contribution in [0.25, 0.3) is 12.2 Å². The van der Waals surface area contributed by atoms with Gasteiger partial charge in [0.25, 0.3) is 0 Å². The van der Waals surface area contributed by atoms with Gasteiger partial charge in [-0.1, -0.05) is 0 Å². The number of hydrogen-bond donors (Lipinski definition) is 0. The molecule has 0 spiro atoms. The molecule has 0 heterocycles. The molecule has 4 aromatic carbocycles. The van der Waals surface area contributed by atoms with Gasteiger partial charge >= 0.3 is 217 Å². The van der Waals surface area contributed by atoms with E-state index in [-0.39, 0.29) is 7.25 Å². The first-order valence-corrected chi connectivity index (χ1v) is 19.5. The maximum atomic E-state index is 5.57. The Labute approximate surface area is 216 Å². The fourth-order valence-electron chi connectivity index (χ4n) is 6.75. The van der Waals surface area contributed by atoms with Crippen molar-refractivity contribution in [3.05, 3.63) is 144 Å². The zero-order valence-electron chi connectivity index (χ0n) is 21.0. The summed E-state index contributed by atoms with van der Waals surface area (Å²) in [5, 5.41) is 0. The number of hydrogen-bond acceptors (Lipinski definition) is 2. The second-order valence-electron chi connectivity index (χ2n) is 10.2. The Hall–Kier alpha value is -3.29. The molecule has 6 rings (SSSR count). The predicted molar refractivity (Wildman–Crippen MR) is 153 cm³/mol. The summed E-state index contributed by atoms with van der Waals surface area (Å²) >= 11 is -4.74. The van der Waals surface area contributed by atoms with Crippen molar-refractivity contribution in [2.24, 2.45) is 0 Å². The number of fused-ring (bicyclic) bond motifs is 2. The van der Waals surface area contributed by atoms with Gasteiger partial charge in [-0.15, -0.1) is 0 Å². The van der Waals surface area contributed by atoms with Crippen LogP contribution in [0.2, 0.25) is 0 Å². The average Bonchev–Trinajstić information content (AvgIpc) is 3.59. The number of allylic oxidation sites excluding steroid dienone is 2. The van der Waals surface area contributed by atoms with E-state index in [0.717, 1.165) is 0 Å². The Morgan fingerprint density at radius 3 is 1.31 bits per heavy atom. The molecule has 178 valence electrons. The predicted octanol–water partition coefficient (Wildman–Crippen LogP) is 7.75. The monoisotopic (exact) mass is 546 g/mol. The fourth-order valence-corrected chi connectivity index (χ4v) is 23.7. The van der Waals surface area contributed by atoms with Crippen molar-refractivity contribution in [1.82, 2.24) is 0 Å². The minimum atomic E-state index is -4.74. The SMILES string of the molecule is [CH2]=[Zr]([CH]1C=Cc2ccccc21)([CH]1C=Cc2ccccc21)([N](C)c1ccccc1)[N](C)c1ccccc1. The topological polar surface area (TPSA) is 6.48 Å². The first-order valence-electron chi connectivity index (χ1n) is 12.7. The van der Waals surface area contributed by atoms with Gasteiger partial charge in [-0.05, 0) is 0 Å². The fraction of sp³-hybridized carbons (Fsp3) is 0.121. The van der Waals surface area contributed by atoms with Crippen molar-refractivity contribution in [1.29, 1.82) is 0 Å². The van der Waals surface area contributed by atoms with Crippen LogP contribution in [-0.4, -0.2) is 18.3 Å². The van der Waals surface area contributed by atoms with Gasteiger partial charge in [-0.25, -0.2) is 0 Å². The summed E-state index contributed by atoms with van der Waals surface area (Å²) in [6.07, 6.45) is 9.55. The van der Waals surface area contributed by atoms with Crippen molar-refractivity contribution < 1.29 is 18.9 Å². The van der Waals surface area contributed by atoms with Crippen LogP contribution in [0.3, 0.4) is 0 Å². The van der Waals surface area contributed by atoms with E-state index in [1.165, 1.54) is 33.6 Å². The van der Waals surface area contributed by atoms with Gasteiger partial charge in [-0.3, -0.25) is 0 Å². The van der Waals surface area contributed by atoms with E-state index in [2.05, 4.69) is 153 Å². The van der Waals surface area contributed by atoms with Gasteiger partial charge in [0.05, 0.1) is 0 Å². The molecule has 2 aliphatic carbocycles. The zero-order chi connectivity index (χ0) is 24.8. The molecule has 0 bridgehead atoms.